The molecule has 1 fully saturated rings. The van der Waals surface area contributed by atoms with E-state index in [2.05, 4.69) is 44.4 Å². The van der Waals surface area contributed by atoms with E-state index in [1.165, 1.54) is 30.4 Å². The summed E-state index contributed by atoms with van der Waals surface area (Å²) < 4.78 is 5.50. The van der Waals surface area contributed by atoms with Crippen LogP contribution in [0.15, 0.2) is 18.2 Å². The van der Waals surface area contributed by atoms with Gasteiger partial charge in [0, 0.05) is 6.04 Å². The predicted octanol–water partition coefficient (Wildman–Crippen LogP) is 3.57. The van der Waals surface area contributed by atoms with Crippen LogP contribution in [0.25, 0.3) is 0 Å². The molecule has 1 aromatic carbocycles. The van der Waals surface area contributed by atoms with Crippen molar-refractivity contribution in [1.82, 2.24) is 5.32 Å². The van der Waals surface area contributed by atoms with Crippen LogP contribution < -0.4 is 10.1 Å². The number of aryl methyl sites for hydroxylation is 1. The third-order valence-corrected chi connectivity index (χ3v) is 4.55. The van der Waals surface area contributed by atoms with Crippen LogP contribution in [0, 0.1) is 18.8 Å². The third kappa shape index (κ3) is 3.50. The predicted molar refractivity (Wildman–Crippen MR) is 80.8 cm³/mol. The van der Waals surface area contributed by atoms with Gasteiger partial charge in [0.15, 0.2) is 0 Å². The van der Waals surface area contributed by atoms with Crippen LogP contribution in [0.4, 0.5) is 0 Å². The maximum Gasteiger partial charge on any atom is 0.122 e. The molecule has 0 saturated heterocycles. The maximum atomic E-state index is 5.50. The van der Waals surface area contributed by atoms with Gasteiger partial charge in [0.2, 0.25) is 0 Å². The Balaban J connectivity index is 2.11. The van der Waals surface area contributed by atoms with Gasteiger partial charge in [-0.2, -0.15) is 0 Å². The largest absolute Gasteiger partial charge is 0.496 e. The second kappa shape index (κ2) is 6.42. The normalized spacial score (nSPS) is 24.4. The molecule has 0 heterocycles. The highest BCUT2D eigenvalue weighted by Gasteiger charge is 2.28. The average Bonchev–Trinajstić information content (AvgIpc) is 2.82. The minimum Gasteiger partial charge on any atom is -0.496 e. The van der Waals surface area contributed by atoms with Crippen molar-refractivity contribution in [3.63, 3.8) is 0 Å². The molecule has 2 nitrogen and oxygen atoms in total. The van der Waals surface area contributed by atoms with Gasteiger partial charge in [-0.25, -0.2) is 0 Å². The zero-order valence-corrected chi connectivity index (χ0v) is 12.7. The Morgan fingerprint density at radius 3 is 2.74 bits per heavy atom. The summed E-state index contributed by atoms with van der Waals surface area (Å²) in [5.74, 6) is 2.72. The van der Waals surface area contributed by atoms with Crippen LogP contribution in [0.5, 0.6) is 5.75 Å². The third-order valence-electron chi connectivity index (χ3n) is 4.55. The number of nitrogens with one attached hydrogen (secondary N) is 1. The number of ether oxygens (including phenoxy) is 1. The highest BCUT2D eigenvalue weighted by molar-refractivity contribution is 5.37. The molecule has 19 heavy (non-hydrogen) atoms. The molecule has 0 aromatic heterocycles. The van der Waals surface area contributed by atoms with Crippen molar-refractivity contribution in [3.8, 4) is 5.75 Å². The van der Waals surface area contributed by atoms with E-state index >= 15 is 0 Å². The van der Waals surface area contributed by atoms with Gasteiger partial charge in [-0.15, -0.1) is 0 Å². The highest BCUT2D eigenvalue weighted by Crippen LogP contribution is 2.34. The minimum absolute atomic E-state index is 0.570. The molecule has 3 unspecified atom stereocenters. The highest BCUT2D eigenvalue weighted by atomic mass is 16.5. The second-order valence-electron chi connectivity index (χ2n) is 6.09. The lowest BCUT2D eigenvalue weighted by atomic mass is 9.91. The summed E-state index contributed by atoms with van der Waals surface area (Å²) in [6, 6.07) is 7.05. The van der Waals surface area contributed by atoms with Gasteiger partial charge >= 0.3 is 0 Å². The number of rotatable bonds is 5. The number of methoxy groups -OCH3 is 1. The van der Waals surface area contributed by atoms with E-state index in [0.717, 1.165) is 24.0 Å². The molecule has 0 spiro atoms. The van der Waals surface area contributed by atoms with Gasteiger partial charge in [-0.05, 0) is 56.7 Å². The summed E-state index contributed by atoms with van der Waals surface area (Å²) in [6.45, 7) is 4.52. The lowest BCUT2D eigenvalue weighted by molar-refractivity contribution is 0.358. The van der Waals surface area contributed by atoms with E-state index in [1.54, 1.807) is 7.11 Å². The van der Waals surface area contributed by atoms with Crippen LogP contribution in [0.1, 0.15) is 37.3 Å². The minimum atomic E-state index is 0.570. The molecular weight excluding hydrogens is 234 g/mol. The van der Waals surface area contributed by atoms with Crippen molar-refractivity contribution in [2.24, 2.45) is 11.8 Å². The zero-order chi connectivity index (χ0) is 13.8. The number of benzene rings is 1. The van der Waals surface area contributed by atoms with Gasteiger partial charge in [0.1, 0.15) is 5.75 Å². The van der Waals surface area contributed by atoms with Crippen LogP contribution in [-0.4, -0.2) is 20.2 Å². The van der Waals surface area contributed by atoms with E-state index in [-0.39, 0.29) is 0 Å². The molecule has 1 aromatic rings. The topological polar surface area (TPSA) is 21.3 Å². The van der Waals surface area contributed by atoms with E-state index in [1.807, 2.05) is 0 Å². The molecule has 1 aliphatic rings. The first kappa shape index (κ1) is 14.4. The summed E-state index contributed by atoms with van der Waals surface area (Å²) in [4.78, 5) is 0. The van der Waals surface area contributed by atoms with Crippen molar-refractivity contribution in [2.75, 3.05) is 14.2 Å². The fourth-order valence-corrected chi connectivity index (χ4v) is 3.42. The molecule has 106 valence electrons. The number of hydrogen-bond donors (Lipinski definition) is 1. The van der Waals surface area contributed by atoms with Gasteiger partial charge in [0.05, 0.1) is 7.11 Å². The Bertz CT molecular complexity index is 416. The van der Waals surface area contributed by atoms with E-state index in [0.29, 0.717) is 6.04 Å². The molecule has 0 aliphatic heterocycles. The van der Waals surface area contributed by atoms with Crippen molar-refractivity contribution < 1.29 is 4.74 Å². The molecule has 1 saturated carbocycles. The van der Waals surface area contributed by atoms with Crippen LogP contribution in [-0.2, 0) is 6.42 Å². The Labute approximate surface area is 117 Å². The van der Waals surface area contributed by atoms with Crippen molar-refractivity contribution in [1.29, 1.82) is 0 Å². The summed E-state index contributed by atoms with van der Waals surface area (Å²) in [5, 5.41) is 3.53. The average molecular weight is 261 g/mol. The summed E-state index contributed by atoms with van der Waals surface area (Å²) >= 11 is 0. The SMILES string of the molecule is CNC(Cc1cc(C)ccc1OC)C1CCC(C)C1. The monoisotopic (exact) mass is 261 g/mol. The maximum absolute atomic E-state index is 5.50. The van der Waals surface area contributed by atoms with E-state index in [9.17, 15) is 0 Å². The summed E-state index contributed by atoms with van der Waals surface area (Å²) in [7, 11) is 3.86. The van der Waals surface area contributed by atoms with Crippen LogP contribution in [0.2, 0.25) is 0 Å². The molecule has 2 rings (SSSR count). The Kier molecular flexibility index (Phi) is 4.87. The lowest BCUT2D eigenvalue weighted by Crippen LogP contribution is -2.34. The smallest absolute Gasteiger partial charge is 0.122 e. The van der Waals surface area contributed by atoms with Gasteiger partial charge < -0.3 is 10.1 Å². The fourth-order valence-electron chi connectivity index (χ4n) is 3.42. The Morgan fingerprint density at radius 1 is 1.37 bits per heavy atom. The molecule has 3 atom stereocenters. The Hall–Kier alpha value is -1.02. The lowest BCUT2D eigenvalue weighted by Gasteiger charge is -2.24. The molecular formula is C17H27NO. The van der Waals surface area contributed by atoms with Crippen molar-refractivity contribution >= 4 is 0 Å². The number of likely N-dealkylation sites (N-methyl/N-ethyl adjacent to an activating group) is 1. The quantitative estimate of drug-likeness (QED) is 0.875. The first-order chi connectivity index (χ1) is 9.13. The molecule has 0 bridgehead atoms. The Morgan fingerprint density at radius 2 is 2.16 bits per heavy atom. The molecule has 2 heteroatoms. The van der Waals surface area contributed by atoms with Crippen LogP contribution >= 0.6 is 0 Å². The second-order valence-corrected chi connectivity index (χ2v) is 6.09. The molecule has 0 radical (unpaired) electrons. The fraction of sp³-hybridized carbons (Fsp3) is 0.647. The summed E-state index contributed by atoms with van der Waals surface area (Å²) in [5.41, 5.74) is 2.65. The van der Waals surface area contributed by atoms with Gasteiger partial charge in [0.25, 0.3) is 0 Å². The van der Waals surface area contributed by atoms with E-state index < -0.39 is 0 Å². The van der Waals surface area contributed by atoms with Crippen molar-refractivity contribution in [3.05, 3.63) is 29.3 Å². The zero-order valence-electron chi connectivity index (χ0n) is 12.7. The first-order valence-electron chi connectivity index (χ1n) is 7.44. The summed E-state index contributed by atoms with van der Waals surface area (Å²) in [6.07, 6.45) is 5.17. The molecule has 1 aliphatic carbocycles. The first-order valence-corrected chi connectivity index (χ1v) is 7.44. The molecule has 1 N–H and O–H groups in total. The van der Waals surface area contributed by atoms with Crippen LogP contribution in [0.3, 0.4) is 0 Å². The van der Waals surface area contributed by atoms with Gasteiger partial charge in [-0.1, -0.05) is 31.0 Å². The number of hydrogen-bond acceptors (Lipinski definition) is 2. The van der Waals surface area contributed by atoms with Gasteiger partial charge in [-0.3, -0.25) is 0 Å². The molecule has 0 amide bonds. The van der Waals surface area contributed by atoms with E-state index in [4.69, 9.17) is 4.74 Å². The standard InChI is InChI=1S/C17H27NO/c1-12-5-7-14(9-12)16(18-3)11-15-10-13(2)6-8-17(15)19-4/h6,8,10,12,14,16,18H,5,7,9,11H2,1-4H3. The van der Waals surface area contributed by atoms with Crippen molar-refractivity contribution in [2.45, 2.75) is 45.6 Å².